The molecule has 0 spiro atoms. The molecule has 2 heterocycles. The van der Waals surface area contributed by atoms with Crippen molar-refractivity contribution in [3.63, 3.8) is 0 Å². The van der Waals surface area contributed by atoms with Gasteiger partial charge in [-0.3, -0.25) is 4.90 Å². The number of hydrogen-bond donors (Lipinski definition) is 2. The smallest absolute Gasteiger partial charge is 0.123 e. The maximum atomic E-state index is 9.61. The Balaban J connectivity index is 0.000000168. The molecule has 5 nitrogen and oxygen atoms in total. The van der Waals surface area contributed by atoms with Crippen LogP contribution in [0.15, 0.2) is 72.8 Å². The highest BCUT2D eigenvalue weighted by atomic mass is 16.5. The number of fused-ring (bicyclic) bond motifs is 1. The average Bonchev–Trinajstić information content (AvgIpc) is 2.90. The summed E-state index contributed by atoms with van der Waals surface area (Å²) in [6, 6.07) is 23.1. The van der Waals surface area contributed by atoms with Gasteiger partial charge in [-0.2, -0.15) is 0 Å². The maximum absolute atomic E-state index is 9.61. The van der Waals surface area contributed by atoms with E-state index in [9.17, 15) is 10.2 Å². The minimum Gasteiger partial charge on any atom is -0.508 e. The molecule has 5 heteroatoms. The van der Waals surface area contributed by atoms with Gasteiger partial charge >= 0.3 is 0 Å². The third-order valence-corrected chi connectivity index (χ3v) is 7.08. The molecule has 0 aliphatic carbocycles. The molecule has 1 saturated heterocycles. The SMILES string of the molecule is C[C@@H](COc1ccccc1)N1CCCCC1.C[C@@H]1c2cc(O)ccc2OC[C@H]1c1ccc(O)cc1. The van der Waals surface area contributed by atoms with Crippen LogP contribution in [0, 0.1) is 0 Å². The molecule has 5 rings (SSSR count). The molecule has 0 amide bonds. The molecule has 0 aromatic heterocycles. The molecule has 3 aromatic rings. The largest absolute Gasteiger partial charge is 0.508 e. The third kappa shape index (κ3) is 6.70. The zero-order valence-corrected chi connectivity index (χ0v) is 20.8. The molecule has 186 valence electrons. The highest BCUT2D eigenvalue weighted by Crippen LogP contribution is 2.43. The van der Waals surface area contributed by atoms with E-state index >= 15 is 0 Å². The first-order valence-electron chi connectivity index (χ1n) is 12.7. The summed E-state index contributed by atoms with van der Waals surface area (Å²) in [7, 11) is 0. The van der Waals surface area contributed by atoms with Crippen LogP contribution >= 0.6 is 0 Å². The summed E-state index contributed by atoms with van der Waals surface area (Å²) in [5.74, 6) is 2.86. The molecule has 0 radical (unpaired) electrons. The molecule has 2 aliphatic rings. The summed E-state index contributed by atoms with van der Waals surface area (Å²) < 4.78 is 11.6. The zero-order valence-electron chi connectivity index (χ0n) is 20.8. The lowest BCUT2D eigenvalue weighted by Gasteiger charge is -2.32. The Kier molecular flexibility index (Phi) is 8.54. The molecule has 3 atom stereocenters. The summed E-state index contributed by atoms with van der Waals surface area (Å²) in [5.41, 5.74) is 2.17. The Bertz CT molecular complexity index is 1050. The van der Waals surface area contributed by atoms with Crippen molar-refractivity contribution in [2.45, 2.75) is 51.0 Å². The van der Waals surface area contributed by atoms with Crippen LogP contribution in [-0.4, -0.2) is 47.5 Å². The highest BCUT2D eigenvalue weighted by Gasteiger charge is 2.29. The van der Waals surface area contributed by atoms with E-state index in [1.54, 1.807) is 24.3 Å². The second kappa shape index (κ2) is 12.0. The topological polar surface area (TPSA) is 62.2 Å². The van der Waals surface area contributed by atoms with E-state index in [-0.39, 0.29) is 23.3 Å². The average molecular weight is 476 g/mol. The van der Waals surface area contributed by atoms with Crippen molar-refractivity contribution in [3.05, 3.63) is 83.9 Å². The van der Waals surface area contributed by atoms with Crippen LogP contribution in [-0.2, 0) is 0 Å². The van der Waals surface area contributed by atoms with Crippen LogP contribution < -0.4 is 9.47 Å². The first-order valence-corrected chi connectivity index (χ1v) is 12.7. The zero-order chi connectivity index (χ0) is 24.6. The van der Waals surface area contributed by atoms with E-state index in [4.69, 9.17) is 9.47 Å². The van der Waals surface area contributed by atoms with Crippen LogP contribution in [0.2, 0.25) is 0 Å². The van der Waals surface area contributed by atoms with Crippen LogP contribution in [0.5, 0.6) is 23.0 Å². The van der Waals surface area contributed by atoms with Gasteiger partial charge < -0.3 is 19.7 Å². The number of para-hydroxylation sites is 1. The van der Waals surface area contributed by atoms with Crippen LogP contribution in [0.1, 0.15) is 56.1 Å². The van der Waals surface area contributed by atoms with Gasteiger partial charge in [-0.25, -0.2) is 0 Å². The fourth-order valence-electron chi connectivity index (χ4n) is 4.87. The van der Waals surface area contributed by atoms with Crippen molar-refractivity contribution < 1.29 is 19.7 Å². The molecule has 0 saturated carbocycles. The van der Waals surface area contributed by atoms with E-state index in [2.05, 4.69) is 18.7 Å². The second-order valence-corrected chi connectivity index (χ2v) is 9.59. The van der Waals surface area contributed by atoms with Crippen molar-refractivity contribution >= 4 is 0 Å². The Labute approximate surface area is 208 Å². The maximum Gasteiger partial charge on any atom is 0.123 e. The minimum absolute atomic E-state index is 0.231. The Hall–Kier alpha value is -3.18. The third-order valence-electron chi connectivity index (χ3n) is 7.08. The number of nitrogens with zero attached hydrogens (tertiary/aromatic N) is 1. The fourth-order valence-corrected chi connectivity index (χ4v) is 4.87. The van der Waals surface area contributed by atoms with E-state index in [0.717, 1.165) is 29.2 Å². The van der Waals surface area contributed by atoms with E-state index < -0.39 is 0 Å². The predicted octanol–water partition coefficient (Wildman–Crippen LogP) is 6.32. The summed E-state index contributed by atoms with van der Waals surface area (Å²) in [6.45, 7) is 8.28. The Morgan fingerprint density at radius 3 is 2.31 bits per heavy atom. The van der Waals surface area contributed by atoms with Gasteiger partial charge in [0.25, 0.3) is 0 Å². The van der Waals surface area contributed by atoms with Crippen LogP contribution in [0.3, 0.4) is 0 Å². The van der Waals surface area contributed by atoms with Gasteiger partial charge in [-0.1, -0.05) is 43.7 Å². The molecule has 2 aliphatic heterocycles. The van der Waals surface area contributed by atoms with E-state index in [1.165, 1.54) is 32.4 Å². The molecule has 1 fully saturated rings. The van der Waals surface area contributed by atoms with Crippen molar-refractivity contribution in [1.29, 1.82) is 0 Å². The van der Waals surface area contributed by atoms with Gasteiger partial charge in [0, 0.05) is 17.5 Å². The lowest BCUT2D eigenvalue weighted by Crippen LogP contribution is -2.40. The normalized spacial score (nSPS) is 20.5. The number of benzene rings is 3. The van der Waals surface area contributed by atoms with Gasteiger partial charge in [0.2, 0.25) is 0 Å². The van der Waals surface area contributed by atoms with Crippen molar-refractivity contribution in [1.82, 2.24) is 4.90 Å². The summed E-state index contributed by atoms with van der Waals surface area (Å²) in [5, 5.41) is 19.0. The van der Waals surface area contributed by atoms with Crippen molar-refractivity contribution in [3.8, 4) is 23.0 Å². The molecular formula is C30H37NO4. The molecular weight excluding hydrogens is 438 g/mol. The van der Waals surface area contributed by atoms with Gasteiger partial charge in [0.1, 0.15) is 29.6 Å². The van der Waals surface area contributed by atoms with Crippen molar-refractivity contribution in [2.24, 2.45) is 0 Å². The molecule has 3 aromatic carbocycles. The van der Waals surface area contributed by atoms with E-state index in [0.29, 0.717) is 12.6 Å². The molecule has 35 heavy (non-hydrogen) atoms. The van der Waals surface area contributed by atoms with Crippen LogP contribution in [0.4, 0.5) is 0 Å². The number of hydrogen-bond acceptors (Lipinski definition) is 5. The lowest BCUT2D eigenvalue weighted by atomic mass is 9.81. The predicted molar refractivity (Wildman–Crippen MR) is 140 cm³/mol. The van der Waals surface area contributed by atoms with Gasteiger partial charge in [-0.05, 0) is 86.8 Å². The number of rotatable bonds is 5. The van der Waals surface area contributed by atoms with Gasteiger partial charge in [-0.15, -0.1) is 0 Å². The number of likely N-dealkylation sites (tertiary alicyclic amines) is 1. The number of piperidine rings is 1. The van der Waals surface area contributed by atoms with Crippen molar-refractivity contribution in [2.75, 3.05) is 26.3 Å². The minimum atomic E-state index is 0.231. The lowest BCUT2D eigenvalue weighted by molar-refractivity contribution is 0.125. The monoisotopic (exact) mass is 475 g/mol. The molecule has 0 unspecified atom stereocenters. The summed E-state index contributed by atoms with van der Waals surface area (Å²) >= 11 is 0. The molecule has 0 bridgehead atoms. The number of phenolic OH excluding ortho intramolecular Hbond substituents is 2. The quantitative estimate of drug-likeness (QED) is 0.452. The number of aromatic hydroxyl groups is 2. The number of ether oxygens (including phenoxy) is 2. The van der Waals surface area contributed by atoms with Gasteiger partial charge in [0.15, 0.2) is 0 Å². The highest BCUT2D eigenvalue weighted by molar-refractivity contribution is 5.45. The van der Waals surface area contributed by atoms with Gasteiger partial charge in [0.05, 0.1) is 6.61 Å². The first-order chi connectivity index (χ1) is 17.0. The second-order valence-electron chi connectivity index (χ2n) is 9.59. The number of phenols is 2. The standard InChI is InChI=1S/C16H16O3.C14H21NO/c1-10-14-8-13(18)6-7-16(14)19-9-15(10)11-2-4-12(17)5-3-11;1-13(15-10-6-3-7-11-15)12-16-14-8-4-2-5-9-14/h2-8,10,15,17-18H,9H2,1H3;2,4-5,8-9,13H,3,6-7,10-12H2,1H3/t10-,15-;13-/m10/s1. The molecule has 2 N–H and O–H groups in total. The van der Waals surface area contributed by atoms with Crippen LogP contribution in [0.25, 0.3) is 0 Å². The fraction of sp³-hybridized carbons (Fsp3) is 0.400. The van der Waals surface area contributed by atoms with E-state index in [1.807, 2.05) is 48.5 Å². The Morgan fingerprint density at radius 2 is 1.60 bits per heavy atom. The first kappa shape index (κ1) is 24.9. The Morgan fingerprint density at radius 1 is 0.914 bits per heavy atom. The summed E-state index contributed by atoms with van der Waals surface area (Å²) in [6.07, 6.45) is 4.08. The summed E-state index contributed by atoms with van der Waals surface area (Å²) in [4.78, 5) is 2.53.